The lowest BCUT2D eigenvalue weighted by Gasteiger charge is -2.37. The summed E-state index contributed by atoms with van der Waals surface area (Å²) in [5.41, 5.74) is 0.212. The lowest BCUT2D eigenvalue weighted by atomic mass is 9.80. The molecule has 3 rings (SSSR count). The molecule has 1 aliphatic heterocycles. The van der Waals surface area contributed by atoms with E-state index in [0.717, 1.165) is 12.1 Å². The Kier molecular flexibility index (Phi) is 4.66. The first kappa shape index (κ1) is 16.6. The highest BCUT2D eigenvalue weighted by Crippen LogP contribution is 2.28. The van der Waals surface area contributed by atoms with Crippen LogP contribution in [-0.4, -0.2) is 47.7 Å². The van der Waals surface area contributed by atoms with Crippen LogP contribution >= 0.6 is 0 Å². The molecule has 1 saturated heterocycles. The van der Waals surface area contributed by atoms with Gasteiger partial charge in [0.05, 0.1) is 19.1 Å². The molecule has 1 atom stereocenters. The number of urea groups is 1. The van der Waals surface area contributed by atoms with Crippen molar-refractivity contribution in [3.05, 3.63) is 35.4 Å². The third-order valence-electron chi connectivity index (χ3n) is 4.48. The number of carboxylic acids is 1. The van der Waals surface area contributed by atoms with E-state index in [0.29, 0.717) is 19.4 Å². The van der Waals surface area contributed by atoms with Crippen LogP contribution in [0.1, 0.15) is 24.5 Å². The van der Waals surface area contributed by atoms with Gasteiger partial charge in [0.1, 0.15) is 17.7 Å². The Hall–Kier alpha value is -2.22. The fraction of sp³-hybridized carbons (Fsp3) is 0.500. The molecule has 6 nitrogen and oxygen atoms in total. The number of aliphatic carboxylic acids is 1. The maximum Gasteiger partial charge on any atom is 0.317 e. The molecule has 1 saturated carbocycles. The molecule has 1 aromatic rings. The zero-order valence-electron chi connectivity index (χ0n) is 12.9. The number of nitrogens with zero attached hydrogens (tertiary/aromatic N) is 1. The second-order valence-electron chi connectivity index (χ2n) is 6.12. The van der Waals surface area contributed by atoms with Crippen LogP contribution in [0.2, 0.25) is 0 Å². The summed E-state index contributed by atoms with van der Waals surface area (Å²) in [5, 5.41) is 11.6. The van der Waals surface area contributed by atoms with Gasteiger partial charge in [0.25, 0.3) is 0 Å². The van der Waals surface area contributed by atoms with Gasteiger partial charge in [-0.25, -0.2) is 13.6 Å². The van der Waals surface area contributed by atoms with Crippen LogP contribution in [0.15, 0.2) is 18.2 Å². The number of carbonyl (C=O) groups is 2. The Morgan fingerprint density at radius 3 is 2.71 bits per heavy atom. The van der Waals surface area contributed by atoms with Gasteiger partial charge in [-0.3, -0.25) is 4.79 Å². The van der Waals surface area contributed by atoms with Crippen molar-refractivity contribution >= 4 is 12.0 Å². The molecule has 130 valence electrons. The highest BCUT2D eigenvalue weighted by molar-refractivity contribution is 5.76. The van der Waals surface area contributed by atoms with E-state index in [-0.39, 0.29) is 30.8 Å². The quantitative estimate of drug-likeness (QED) is 0.881. The molecule has 0 spiro atoms. The number of halogens is 2. The number of carbonyl (C=O) groups excluding carboxylic acids is 1. The van der Waals surface area contributed by atoms with Crippen LogP contribution in [0.5, 0.6) is 0 Å². The minimum absolute atomic E-state index is 0.151. The lowest BCUT2D eigenvalue weighted by Crippen LogP contribution is -2.53. The van der Waals surface area contributed by atoms with Gasteiger partial charge in [0.2, 0.25) is 0 Å². The average Bonchev–Trinajstić information content (AvgIpc) is 2.50. The van der Waals surface area contributed by atoms with Gasteiger partial charge in [-0.1, -0.05) is 6.07 Å². The first-order chi connectivity index (χ1) is 11.4. The summed E-state index contributed by atoms with van der Waals surface area (Å²) >= 11 is 0. The average molecular weight is 340 g/mol. The topological polar surface area (TPSA) is 78.9 Å². The largest absolute Gasteiger partial charge is 0.481 e. The van der Waals surface area contributed by atoms with Gasteiger partial charge in [0.15, 0.2) is 0 Å². The molecule has 24 heavy (non-hydrogen) atoms. The number of ether oxygens (including phenoxy) is 1. The Morgan fingerprint density at radius 2 is 2.04 bits per heavy atom. The highest BCUT2D eigenvalue weighted by atomic mass is 19.1. The monoisotopic (exact) mass is 340 g/mol. The fourth-order valence-electron chi connectivity index (χ4n) is 2.99. The van der Waals surface area contributed by atoms with Crippen LogP contribution in [-0.2, 0) is 9.53 Å². The minimum Gasteiger partial charge on any atom is -0.481 e. The Morgan fingerprint density at radius 1 is 1.29 bits per heavy atom. The molecule has 0 radical (unpaired) electrons. The summed E-state index contributed by atoms with van der Waals surface area (Å²) in [6.45, 7) is 0.765. The molecule has 1 aliphatic carbocycles. The summed E-state index contributed by atoms with van der Waals surface area (Å²) < 4.78 is 32.4. The molecule has 2 aliphatic rings. The van der Waals surface area contributed by atoms with E-state index in [2.05, 4.69) is 5.32 Å². The smallest absolute Gasteiger partial charge is 0.317 e. The zero-order valence-corrected chi connectivity index (χ0v) is 12.9. The molecule has 2 amide bonds. The van der Waals surface area contributed by atoms with E-state index in [1.807, 2.05) is 0 Å². The van der Waals surface area contributed by atoms with Crippen LogP contribution in [0.3, 0.4) is 0 Å². The van der Waals surface area contributed by atoms with E-state index in [1.165, 1.54) is 11.0 Å². The lowest BCUT2D eigenvalue weighted by molar-refractivity contribution is -0.145. The standard InChI is InChI=1S/C16H18F2N2O4/c17-10-1-2-12(13(18)7-10)14-8-20(3-4-24-14)16(23)19-11-5-9(6-11)15(21)22/h1-2,7,9,11,14H,3-6,8H2,(H,19,23)(H,21,22). The normalized spacial score (nSPS) is 26.6. The molecule has 1 unspecified atom stereocenters. The van der Waals surface area contributed by atoms with Gasteiger partial charge in [-0.05, 0) is 18.9 Å². The highest BCUT2D eigenvalue weighted by Gasteiger charge is 2.36. The van der Waals surface area contributed by atoms with Gasteiger partial charge < -0.3 is 20.1 Å². The molecule has 0 aromatic heterocycles. The number of morpholine rings is 1. The molecule has 2 N–H and O–H groups in total. The van der Waals surface area contributed by atoms with Crippen molar-refractivity contribution in [2.45, 2.75) is 25.0 Å². The van der Waals surface area contributed by atoms with Gasteiger partial charge in [-0.15, -0.1) is 0 Å². The number of nitrogens with one attached hydrogen (secondary N) is 1. The number of rotatable bonds is 3. The van der Waals surface area contributed by atoms with Crippen LogP contribution < -0.4 is 5.32 Å². The number of benzene rings is 1. The third-order valence-corrected chi connectivity index (χ3v) is 4.48. The van der Waals surface area contributed by atoms with Crippen molar-refractivity contribution in [2.75, 3.05) is 19.7 Å². The summed E-state index contributed by atoms with van der Waals surface area (Å²) in [6.07, 6.45) is 0.182. The molecule has 1 aromatic carbocycles. The Labute approximate surface area is 137 Å². The van der Waals surface area contributed by atoms with Gasteiger partial charge in [-0.2, -0.15) is 0 Å². The number of hydrogen-bond acceptors (Lipinski definition) is 3. The summed E-state index contributed by atoms with van der Waals surface area (Å²) in [5.74, 6) is -2.62. The first-order valence-electron chi connectivity index (χ1n) is 7.79. The maximum atomic E-state index is 13.9. The van der Waals surface area contributed by atoms with Crippen molar-refractivity contribution in [1.82, 2.24) is 10.2 Å². The van der Waals surface area contributed by atoms with Crippen molar-refractivity contribution in [3.8, 4) is 0 Å². The molecule has 2 fully saturated rings. The van der Waals surface area contributed by atoms with Crippen molar-refractivity contribution in [1.29, 1.82) is 0 Å². The summed E-state index contributed by atoms with van der Waals surface area (Å²) in [7, 11) is 0. The van der Waals surface area contributed by atoms with Crippen LogP contribution in [0.25, 0.3) is 0 Å². The second kappa shape index (κ2) is 6.72. The molecular weight excluding hydrogens is 322 g/mol. The van der Waals surface area contributed by atoms with Crippen LogP contribution in [0, 0.1) is 17.6 Å². The second-order valence-corrected chi connectivity index (χ2v) is 6.12. The van der Waals surface area contributed by atoms with E-state index in [9.17, 15) is 18.4 Å². The maximum absolute atomic E-state index is 13.9. The van der Waals surface area contributed by atoms with Gasteiger partial charge in [0, 0.05) is 24.2 Å². The van der Waals surface area contributed by atoms with Crippen molar-refractivity contribution < 1.29 is 28.2 Å². The molecule has 8 heteroatoms. The van der Waals surface area contributed by atoms with Crippen LogP contribution in [0.4, 0.5) is 13.6 Å². The summed E-state index contributed by atoms with van der Waals surface area (Å²) in [4.78, 5) is 24.5. The Bertz CT molecular complexity index is 649. The van der Waals surface area contributed by atoms with Crippen molar-refractivity contribution in [3.63, 3.8) is 0 Å². The SMILES string of the molecule is O=C(O)C1CC(NC(=O)N2CCOC(c3ccc(F)cc3F)C2)C1. The van der Waals surface area contributed by atoms with Gasteiger partial charge >= 0.3 is 12.0 Å². The number of hydrogen-bond donors (Lipinski definition) is 2. The minimum atomic E-state index is -0.848. The van der Waals surface area contributed by atoms with E-state index in [4.69, 9.17) is 9.84 Å². The number of carboxylic acid groups (broad SMARTS) is 1. The molecular formula is C16H18F2N2O4. The Balaban J connectivity index is 1.57. The van der Waals surface area contributed by atoms with E-state index in [1.54, 1.807) is 0 Å². The predicted molar refractivity (Wildman–Crippen MR) is 79.3 cm³/mol. The first-order valence-corrected chi connectivity index (χ1v) is 7.79. The third kappa shape index (κ3) is 3.48. The molecule has 1 heterocycles. The van der Waals surface area contributed by atoms with E-state index >= 15 is 0 Å². The van der Waals surface area contributed by atoms with Crippen molar-refractivity contribution in [2.24, 2.45) is 5.92 Å². The van der Waals surface area contributed by atoms with E-state index < -0.39 is 29.6 Å². The predicted octanol–water partition coefficient (Wildman–Crippen LogP) is 1.91. The number of amides is 2. The molecule has 0 bridgehead atoms. The fourth-order valence-corrected chi connectivity index (χ4v) is 2.99. The zero-order chi connectivity index (χ0) is 17.3. The summed E-state index contributed by atoms with van der Waals surface area (Å²) in [6, 6.07) is 2.79.